The van der Waals surface area contributed by atoms with Gasteiger partial charge in [0.2, 0.25) is 5.91 Å². The summed E-state index contributed by atoms with van der Waals surface area (Å²) in [5.74, 6) is -1.87. The highest BCUT2D eigenvalue weighted by Crippen LogP contribution is 2.27. The number of carbonyl (C=O) groups excluding carboxylic acids is 2. The lowest BCUT2D eigenvalue weighted by atomic mass is 10.2. The van der Waals surface area contributed by atoms with Crippen molar-refractivity contribution in [2.24, 2.45) is 0 Å². The highest BCUT2D eigenvalue weighted by atomic mass is 16.5. The van der Waals surface area contributed by atoms with Gasteiger partial charge >= 0.3 is 5.97 Å². The van der Waals surface area contributed by atoms with E-state index < -0.39 is 17.9 Å². The molecule has 2 heterocycles. The van der Waals surface area contributed by atoms with Crippen LogP contribution < -0.4 is 15.1 Å². The Morgan fingerprint density at radius 3 is 2.45 bits per heavy atom. The van der Waals surface area contributed by atoms with E-state index in [0.29, 0.717) is 13.2 Å². The molecule has 0 saturated carbocycles. The summed E-state index contributed by atoms with van der Waals surface area (Å²) >= 11 is 0. The second-order valence-electron chi connectivity index (χ2n) is 6.97. The first-order valence-corrected chi connectivity index (χ1v) is 9.42. The molecule has 0 bridgehead atoms. The van der Waals surface area contributed by atoms with E-state index in [9.17, 15) is 14.4 Å². The Hall–Kier alpha value is -3.39. The number of ether oxygens (including phenoxy) is 1. The Morgan fingerprint density at radius 1 is 1.03 bits per heavy atom. The normalized spacial score (nSPS) is 19.5. The van der Waals surface area contributed by atoms with Crippen molar-refractivity contribution < 1.29 is 24.2 Å². The summed E-state index contributed by atoms with van der Waals surface area (Å²) in [4.78, 5) is 39.7. The molecule has 1 atom stereocenters. The molecule has 0 unspecified atom stereocenters. The number of hydrogen-bond donors (Lipinski definition) is 2. The molecule has 2 amide bonds. The molecule has 0 aliphatic carbocycles. The van der Waals surface area contributed by atoms with Crippen LogP contribution in [0.25, 0.3) is 0 Å². The summed E-state index contributed by atoms with van der Waals surface area (Å²) in [6, 6.07) is 12.9. The van der Waals surface area contributed by atoms with Gasteiger partial charge in [0.05, 0.1) is 30.9 Å². The van der Waals surface area contributed by atoms with Crippen molar-refractivity contribution in [2.45, 2.75) is 12.5 Å². The Kier molecular flexibility index (Phi) is 5.18. The van der Waals surface area contributed by atoms with E-state index in [0.717, 1.165) is 29.4 Å². The third kappa shape index (κ3) is 3.93. The van der Waals surface area contributed by atoms with E-state index in [-0.39, 0.29) is 23.6 Å². The fourth-order valence-corrected chi connectivity index (χ4v) is 3.59. The number of morpholine rings is 1. The maximum absolute atomic E-state index is 12.8. The minimum absolute atomic E-state index is 0.0152. The molecule has 2 aliphatic heterocycles. The molecule has 2 saturated heterocycles. The average Bonchev–Trinajstić information content (AvgIpc) is 3.02. The van der Waals surface area contributed by atoms with E-state index >= 15 is 0 Å². The Bertz CT molecular complexity index is 938. The van der Waals surface area contributed by atoms with Gasteiger partial charge in [-0.15, -0.1) is 0 Å². The second kappa shape index (κ2) is 7.92. The number of imide groups is 1. The summed E-state index contributed by atoms with van der Waals surface area (Å²) in [5.41, 5.74) is 2.12. The van der Waals surface area contributed by atoms with Crippen molar-refractivity contribution in [3.63, 3.8) is 0 Å². The second-order valence-corrected chi connectivity index (χ2v) is 6.97. The van der Waals surface area contributed by atoms with Gasteiger partial charge in [-0.2, -0.15) is 0 Å². The molecule has 4 rings (SSSR count). The van der Waals surface area contributed by atoms with E-state index in [1.54, 1.807) is 6.07 Å². The topological polar surface area (TPSA) is 99.2 Å². The van der Waals surface area contributed by atoms with Gasteiger partial charge in [-0.25, -0.2) is 9.69 Å². The van der Waals surface area contributed by atoms with Crippen LogP contribution in [0.4, 0.5) is 17.1 Å². The van der Waals surface area contributed by atoms with E-state index in [1.165, 1.54) is 18.2 Å². The van der Waals surface area contributed by atoms with Crippen molar-refractivity contribution in [3.8, 4) is 0 Å². The van der Waals surface area contributed by atoms with Crippen LogP contribution in [0.5, 0.6) is 0 Å². The predicted molar refractivity (Wildman–Crippen MR) is 107 cm³/mol. The molecule has 2 aliphatic rings. The third-order valence-electron chi connectivity index (χ3n) is 5.08. The van der Waals surface area contributed by atoms with Crippen molar-refractivity contribution in [1.82, 2.24) is 0 Å². The summed E-state index contributed by atoms with van der Waals surface area (Å²) in [5, 5.41) is 12.3. The Balaban J connectivity index is 1.46. The van der Waals surface area contributed by atoms with Gasteiger partial charge in [-0.05, 0) is 42.5 Å². The summed E-state index contributed by atoms with van der Waals surface area (Å²) in [6.07, 6.45) is 0.0152. The molecular formula is C21H21N3O5. The monoisotopic (exact) mass is 395 g/mol. The molecule has 8 nitrogen and oxygen atoms in total. The molecule has 0 aromatic heterocycles. The highest BCUT2D eigenvalue weighted by Gasteiger charge is 2.39. The summed E-state index contributed by atoms with van der Waals surface area (Å²) in [7, 11) is 0. The van der Waals surface area contributed by atoms with Gasteiger partial charge in [-0.1, -0.05) is 6.07 Å². The number of amides is 2. The number of nitrogens with one attached hydrogen (secondary N) is 1. The van der Waals surface area contributed by atoms with Gasteiger partial charge in [0.15, 0.2) is 0 Å². The number of aromatic carboxylic acids is 1. The standard InChI is InChI=1S/C21H21N3O5/c25-19-13-18(20(26)24(19)17-3-1-2-14(12-17)21(27)28)22-15-4-6-16(7-5-15)23-8-10-29-11-9-23/h1-7,12,18,22H,8-11,13H2,(H,27,28)/t18-/m0/s1. The third-order valence-corrected chi connectivity index (χ3v) is 5.08. The zero-order valence-corrected chi connectivity index (χ0v) is 15.7. The molecule has 2 aromatic carbocycles. The SMILES string of the molecule is O=C(O)c1cccc(N2C(=O)C[C@H](Nc3ccc(N4CCOCC4)cc3)C2=O)c1. The fraction of sp³-hybridized carbons (Fsp3) is 0.286. The number of hydrogen-bond acceptors (Lipinski definition) is 6. The Morgan fingerprint density at radius 2 is 1.76 bits per heavy atom. The van der Waals surface area contributed by atoms with E-state index in [2.05, 4.69) is 10.2 Å². The first-order valence-electron chi connectivity index (χ1n) is 9.42. The van der Waals surface area contributed by atoms with Crippen molar-refractivity contribution >= 4 is 34.8 Å². The number of carboxylic acid groups (broad SMARTS) is 1. The lowest BCUT2D eigenvalue weighted by Crippen LogP contribution is -2.36. The largest absolute Gasteiger partial charge is 0.478 e. The highest BCUT2D eigenvalue weighted by molar-refractivity contribution is 6.23. The minimum Gasteiger partial charge on any atom is -0.478 e. The van der Waals surface area contributed by atoms with Gasteiger partial charge < -0.3 is 20.1 Å². The maximum Gasteiger partial charge on any atom is 0.335 e. The molecule has 0 spiro atoms. The Labute approximate surface area is 167 Å². The van der Waals surface area contributed by atoms with Crippen LogP contribution in [-0.4, -0.2) is 55.2 Å². The quantitative estimate of drug-likeness (QED) is 0.747. The molecular weight excluding hydrogens is 374 g/mol. The minimum atomic E-state index is -1.11. The van der Waals surface area contributed by atoms with Gasteiger partial charge in [0.1, 0.15) is 6.04 Å². The van der Waals surface area contributed by atoms with Crippen LogP contribution in [0.2, 0.25) is 0 Å². The van der Waals surface area contributed by atoms with Crippen LogP contribution in [-0.2, 0) is 14.3 Å². The zero-order chi connectivity index (χ0) is 20.4. The van der Waals surface area contributed by atoms with E-state index in [1.807, 2.05) is 24.3 Å². The fourth-order valence-electron chi connectivity index (χ4n) is 3.59. The van der Waals surface area contributed by atoms with E-state index in [4.69, 9.17) is 9.84 Å². The number of anilines is 3. The van der Waals surface area contributed by atoms with Crippen molar-refractivity contribution in [2.75, 3.05) is 41.4 Å². The molecule has 29 heavy (non-hydrogen) atoms. The van der Waals surface area contributed by atoms with Crippen molar-refractivity contribution in [1.29, 1.82) is 0 Å². The lowest BCUT2D eigenvalue weighted by molar-refractivity contribution is -0.121. The smallest absolute Gasteiger partial charge is 0.335 e. The van der Waals surface area contributed by atoms with Crippen LogP contribution in [0.15, 0.2) is 48.5 Å². The number of rotatable bonds is 5. The molecule has 8 heteroatoms. The summed E-state index contributed by atoms with van der Waals surface area (Å²) in [6.45, 7) is 3.09. The van der Waals surface area contributed by atoms with Gasteiger partial charge in [0.25, 0.3) is 5.91 Å². The molecule has 2 aromatic rings. The van der Waals surface area contributed by atoms with Gasteiger partial charge in [0, 0.05) is 24.5 Å². The average molecular weight is 395 g/mol. The predicted octanol–water partition coefficient (Wildman–Crippen LogP) is 1.97. The number of benzene rings is 2. The van der Waals surface area contributed by atoms with Gasteiger partial charge in [-0.3, -0.25) is 9.59 Å². The van der Waals surface area contributed by atoms with Crippen LogP contribution in [0.1, 0.15) is 16.8 Å². The first kappa shape index (κ1) is 18.9. The van der Waals surface area contributed by atoms with Crippen LogP contribution in [0, 0.1) is 0 Å². The summed E-state index contributed by atoms with van der Waals surface area (Å²) < 4.78 is 5.36. The first-order chi connectivity index (χ1) is 14.0. The lowest BCUT2D eigenvalue weighted by Gasteiger charge is -2.29. The zero-order valence-electron chi connectivity index (χ0n) is 15.7. The number of carboxylic acids is 1. The maximum atomic E-state index is 12.8. The molecule has 150 valence electrons. The molecule has 2 fully saturated rings. The molecule has 0 radical (unpaired) electrons. The van der Waals surface area contributed by atoms with Crippen LogP contribution in [0.3, 0.4) is 0 Å². The van der Waals surface area contributed by atoms with Crippen molar-refractivity contribution in [3.05, 3.63) is 54.1 Å². The number of carbonyl (C=O) groups is 3. The molecule has 2 N–H and O–H groups in total. The van der Waals surface area contributed by atoms with Crippen LogP contribution >= 0.6 is 0 Å². The number of nitrogens with zero attached hydrogens (tertiary/aromatic N) is 2.